The second kappa shape index (κ2) is 8.96. The van der Waals surface area contributed by atoms with E-state index in [-0.39, 0.29) is 11.7 Å². The average Bonchev–Trinajstić information content (AvgIpc) is 2.79. The molecule has 0 fully saturated rings. The minimum atomic E-state index is -0.294. The summed E-state index contributed by atoms with van der Waals surface area (Å²) in [5, 5.41) is 14.4. The highest BCUT2D eigenvalue weighted by molar-refractivity contribution is 5.95. The van der Waals surface area contributed by atoms with Crippen LogP contribution in [0.15, 0.2) is 91.0 Å². The lowest BCUT2D eigenvalue weighted by Gasteiger charge is -2.09. The average molecular weight is 398 g/mol. The normalized spacial score (nSPS) is 10.4. The number of carbonyl (C=O) groups is 1. The van der Waals surface area contributed by atoms with Crippen LogP contribution >= 0.6 is 0 Å². The highest BCUT2D eigenvalue weighted by Gasteiger charge is 2.07. The van der Waals surface area contributed by atoms with Crippen molar-refractivity contribution in [2.75, 3.05) is 5.32 Å². The van der Waals surface area contributed by atoms with Crippen molar-refractivity contribution in [3.8, 4) is 11.3 Å². The minimum Gasteiger partial charge on any atom is -0.348 e. The molecule has 0 bridgehead atoms. The van der Waals surface area contributed by atoms with Crippen LogP contribution in [0.25, 0.3) is 11.3 Å². The molecule has 0 atom stereocenters. The number of hydrogen-bond donors (Lipinski definition) is 2. The molecule has 5 nitrogen and oxygen atoms in total. The zero-order chi connectivity index (χ0) is 20.8. The van der Waals surface area contributed by atoms with E-state index in [9.17, 15) is 9.18 Å². The molecule has 148 valence electrons. The highest BCUT2D eigenvalue weighted by Crippen LogP contribution is 2.20. The zero-order valence-corrected chi connectivity index (χ0v) is 16.0. The van der Waals surface area contributed by atoms with Crippen molar-refractivity contribution in [2.24, 2.45) is 0 Å². The number of halogens is 1. The van der Waals surface area contributed by atoms with Crippen molar-refractivity contribution in [3.63, 3.8) is 0 Å². The fourth-order valence-corrected chi connectivity index (χ4v) is 2.94. The van der Waals surface area contributed by atoms with Gasteiger partial charge in [0.25, 0.3) is 5.91 Å². The predicted molar refractivity (Wildman–Crippen MR) is 115 cm³/mol. The first-order valence-electron chi connectivity index (χ1n) is 9.46. The molecule has 0 aliphatic heterocycles. The van der Waals surface area contributed by atoms with Gasteiger partial charge in [-0.1, -0.05) is 36.4 Å². The summed E-state index contributed by atoms with van der Waals surface area (Å²) >= 11 is 0. The second-order valence-corrected chi connectivity index (χ2v) is 6.68. The summed E-state index contributed by atoms with van der Waals surface area (Å²) in [7, 11) is 0. The van der Waals surface area contributed by atoms with Gasteiger partial charge in [0.05, 0.1) is 5.69 Å². The number of benzene rings is 3. The van der Waals surface area contributed by atoms with Gasteiger partial charge in [-0.2, -0.15) is 0 Å². The molecule has 4 rings (SSSR count). The number of carbonyl (C=O) groups excluding carboxylic acids is 1. The molecule has 0 saturated heterocycles. The van der Waals surface area contributed by atoms with Gasteiger partial charge in [0.1, 0.15) is 5.82 Å². The quantitative estimate of drug-likeness (QED) is 0.482. The van der Waals surface area contributed by atoms with Crippen LogP contribution in [0.4, 0.5) is 15.9 Å². The molecule has 4 aromatic rings. The fourth-order valence-electron chi connectivity index (χ4n) is 2.94. The molecule has 0 aliphatic rings. The topological polar surface area (TPSA) is 66.9 Å². The highest BCUT2D eigenvalue weighted by atomic mass is 19.1. The van der Waals surface area contributed by atoms with E-state index in [1.165, 1.54) is 12.1 Å². The number of hydrogen-bond acceptors (Lipinski definition) is 4. The van der Waals surface area contributed by atoms with Gasteiger partial charge < -0.3 is 10.6 Å². The van der Waals surface area contributed by atoms with Gasteiger partial charge in [0, 0.05) is 23.4 Å². The molecule has 6 heteroatoms. The van der Waals surface area contributed by atoms with E-state index in [1.54, 1.807) is 42.5 Å². The van der Waals surface area contributed by atoms with E-state index in [4.69, 9.17) is 0 Å². The van der Waals surface area contributed by atoms with Gasteiger partial charge >= 0.3 is 0 Å². The molecule has 3 aromatic carbocycles. The summed E-state index contributed by atoms with van der Waals surface area (Å²) in [5.74, 6) is 0.0978. The molecule has 2 N–H and O–H groups in total. The number of anilines is 2. The first-order valence-corrected chi connectivity index (χ1v) is 9.46. The molecule has 0 aliphatic carbocycles. The van der Waals surface area contributed by atoms with Crippen molar-refractivity contribution in [3.05, 3.63) is 108 Å². The SMILES string of the molecule is O=C(NCc1ccccc1)c1cccc(Nc2ccc(-c3ccc(F)cc3)nn2)c1. The molecular formula is C24H19FN4O. The Morgan fingerprint density at radius 3 is 2.37 bits per heavy atom. The molecular weight excluding hydrogens is 379 g/mol. The maximum Gasteiger partial charge on any atom is 0.251 e. The third-order valence-corrected chi connectivity index (χ3v) is 4.50. The van der Waals surface area contributed by atoms with Crippen LogP contribution in [0, 0.1) is 5.82 Å². The van der Waals surface area contributed by atoms with Crippen molar-refractivity contribution in [2.45, 2.75) is 6.54 Å². The van der Waals surface area contributed by atoms with Gasteiger partial charge in [0.2, 0.25) is 0 Å². The Morgan fingerprint density at radius 1 is 0.833 bits per heavy atom. The lowest BCUT2D eigenvalue weighted by Crippen LogP contribution is -2.22. The summed E-state index contributed by atoms with van der Waals surface area (Å²) in [4.78, 5) is 12.5. The van der Waals surface area contributed by atoms with Crippen molar-refractivity contribution >= 4 is 17.4 Å². The predicted octanol–water partition coefficient (Wildman–Crippen LogP) is 4.96. The standard InChI is InChI=1S/C24H19FN4O/c25-20-11-9-18(10-12-20)22-13-14-23(29-28-22)27-21-8-4-7-19(15-21)24(30)26-16-17-5-2-1-3-6-17/h1-15H,16H2,(H,26,30)(H,27,29). The minimum absolute atomic E-state index is 0.153. The van der Waals surface area contributed by atoms with E-state index >= 15 is 0 Å². The summed E-state index contributed by atoms with van der Waals surface area (Å²) < 4.78 is 13.1. The van der Waals surface area contributed by atoms with E-state index < -0.39 is 0 Å². The zero-order valence-electron chi connectivity index (χ0n) is 16.0. The van der Waals surface area contributed by atoms with Crippen LogP contribution in [-0.2, 0) is 6.54 Å². The first kappa shape index (κ1) is 19.3. The third kappa shape index (κ3) is 4.86. The van der Waals surface area contributed by atoms with Crippen LogP contribution < -0.4 is 10.6 Å². The van der Waals surface area contributed by atoms with E-state index in [1.807, 2.05) is 36.4 Å². The van der Waals surface area contributed by atoms with Gasteiger partial charge in [-0.3, -0.25) is 4.79 Å². The molecule has 0 radical (unpaired) electrons. The van der Waals surface area contributed by atoms with Crippen LogP contribution in [0.1, 0.15) is 15.9 Å². The van der Waals surface area contributed by atoms with E-state index in [0.717, 1.165) is 16.8 Å². The molecule has 1 heterocycles. The summed E-state index contributed by atoms with van der Waals surface area (Å²) in [5.41, 5.74) is 3.75. The lowest BCUT2D eigenvalue weighted by atomic mass is 10.1. The summed E-state index contributed by atoms with van der Waals surface area (Å²) in [6.07, 6.45) is 0. The monoisotopic (exact) mass is 398 g/mol. The smallest absolute Gasteiger partial charge is 0.251 e. The maximum atomic E-state index is 13.1. The van der Waals surface area contributed by atoms with Crippen LogP contribution in [0.2, 0.25) is 0 Å². The molecule has 1 amide bonds. The van der Waals surface area contributed by atoms with Gasteiger partial charge in [0.15, 0.2) is 5.82 Å². The molecule has 0 spiro atoms. The number of amides is 1. The van der Waals surface area contributed by atoms with Crippen molar-refractivity contribution in [1.29, 1.82) is 0 Å². The second-order valence-electron chi connectivity index (χ2n) is 6.68. The van der Waals surface area contributed by atoms with E-state index in [2.05, 4.69) is 20.8 Å². The van der Waals surface area contributed by atoms with Crippen LogP contribution in [0.5, 0.6) is 0 Å². The molecule has 30 heavy (non-hydrogen) atoms. The Kier molecular flexibility index (Phi) is 5.75. The molecule has 1 aromatic heterocycles. The van der Waals surface area contributed by atoms with E-state index in [0.29, 0.717) is 23.6 Å². The number of aromatic nitrogens is 2. The Morgan fingerprint density at radius 2 is 1.63 bits per heavy atom. The van der Waals surface area contributed by atoms with Crippen molar-refractivity contribution in [1.82, 2.24) is 15.5 Å². The first-order chi connectivity index (χ1) is 14.7. The Bertz CT molecular complexity index is 1130. The van der Waals surface area contributed by atoms with Gasteiger partial charge in [-0.15, -0.1) is 10.2 Å². The lowest BCUT2D eigenvalue weighted by molar-refractivity contribution is 0.0951. The third-order valence-electron chi connectivity index (χ3n) is 4.50. The number of rotatable bonds is 6. The fraction of sp³-hybridized carbons (Fsp3) is 0.0417. The van der Waals surface area contributed by atoms with Crippen LogP contribution in [0.3, 0.4) is 0 Å². The van der Waals surface area contributed by atoms with Crippen molar-refractivity contribution < 1.29 is 9.18 Å². The van der Waals surface area contributed by atoms with Crippen LogP contribution in [-0.4, -0.2) is 16.1 Å². The number of nitrogens with one attached hydrogen (secondary N) is 2. The Hall–Kier alpha value is -4.06. The van der Waals surface area contributed by atoms with Gasteiger partial charge in [-0.25, -0.2) is 4.39 Å². The molecule has 0 unspecified atom stereocenters. The summed E-state index contributed by atoms with van der Waals surface area (Å²) in [6, 6.07) is 26.6. The molecule has 0 saturated carbocycles. The van der Waals surface area contributed by atoms with Gasteiger partial charge in [-0.05, 0) is 60.2 Å². The maximum absolute atomic E-state index is 13.1. The Balaban J connectivity index is 1.41. The number of nitrogens with zero attached hydrogens (tertiary/aromatic N) is 2. The largest absolute Gasteiger partial charge is 0.348 e. The Labute approximate surface area is 173 Å². The summed E-state index contributed by atoms with van der Waals surface area (Å²) in [6.45, 7) is 0.466.